The third-order valence-corrected chi connectivity index (χ3v) is 1.76. The van der Waals surface area contributed by atoms with Gasteiger partial charge in [0.2, 0.25) is 0 Å². The Balaban J connectivity index is 2.57. The van der Waals surface area contributed by atoms with Crippen LogP contribution in [0.1, 0.15) is 5.56 Å². The molecule has 1 aromatic carbocycles. The molecule has 0 saturated heterocycles. The Labute approximate surface area is 63.3 Å². The molecule has 0 fully saturated rings. The SMILES string of the molecule is Fc1cc2c(cc1F)COB2. The molecule has 1 heterocycles. The lowest BCUT2D eigenvalue weighted by Gasteiger charge is -1.96. The second kappa shape index (κ2) is 2.31. The zero-order chi connectivity index (χ0) is 7.84. The van der Waals surface area contributed by atoms with Gasteiger partial charge in [0.15, 0.2) is 11.6 Å². The van der Waals surface area contributed by atoms with Gasteiger partial charge in [-0.15, -0.1) is 0 Å². The summed E-state index contributed by atoms with van der Waals surface area (Å²) in [7, 11) is 0.395. The van der Waals surface area contributed by atoms with E-state index in [1.54, 1.807) is 0 Å². The molecule has 0 aromatic heterocycles. The van der Waals surface area contributed by atoms with Gasteiger partial charge in [0.25, 0.3) is 0 Å². The van der Waals surface area contributed by atoms with E-state index in [2.05, 4.69) is 0 Å². The average molecular weight is 154 g/mol. The van der Waals surface area contributed by atoms with Crippen molar-refractivity contribution in [2.45, 2.75) is 6.61 Å². The minimum Gasteiger partial charge on any atom is -0.430 e. The van der Waals surface area contributed by atoms with E-state index in [4.69, 9.17) is 4.65 Å². The Kier molecular flexibility index (Phi) is 1.42. The minimum atomic E-state index is -0.797. The molecule has 0 bridgehead atoms. The lowest BCUT2D eigenvalue weighted by atomic mass is 9.87. The molecule has 0 radical (unpaired) electrons. The minimum absolute atomic E-state index is 0.395. The fourth-order valence-electron chi connectivity index (χ4n) is 1.17. The van der Waals surface area contributed by atoms with Gasteiger partial charge in [-0.25, -0.2) is 8.78 Å². The molecule has 0 unspecified atom stereocenters. The van der Waals surface area contributed by atoms with Gasteiger partial charge in [-0.05, 0) is 23.2 Å². The second-order valence-corrected chi connectivity index (χ2v) is 2.53. The first-order chi connectivity index (χ1) is 5.27. The van der Waals surface area contributed by atoms with Crippen molar-refractivity contribution in [3.63, 3.8) is 0 Å². The molecular formula is C7H5BF2O. The van der Waals surface area contributed by atoms with Gasteiger partial charge in [-0.3, -0.25) is 0 Å². The van der Waals surface area contributed by atoms with Gasteiger partial charge in [0.05, 0.1) is 6.61 Å². The summed E-state index contributed by atoms with van der Waals surface area (Å²) < 4.78 is 30.1. The van der Waals surface area contributed by atoms with E-state index in [1.807, 2.05) is 0 Å². The Morgan fingerprint density at radius 2 is 2.00 bits per heavy atom. The summed E-state index contributed by atoms with van der Waals surface area (Å²) in [4.78, 5) is 0. The van der Waals surface area contributed by atoms with Crippen LogP contribution in [0.15, 0.2) is 12.1 Å². The van der Waals surface area contributed by atoms with Gasteiger partial charge in [0.1, 0.15) is 0 Å². The van der Waals surface area contributed by atoms with E-state index in [1.165, 1.54) is 12.1 Å². The first-order valence-electron chi connectivity index (χ1n) is 3.32. The van der Waals surface area contributed by atoms with Crippen LogP contribution in [0.5, 0.6) is 0 Å². The van der Waals surface area contributed by atoms with Gasteiger partial charge in [-0.1, -0.05) is 0 Å². The number of fused-ring (bicyclic) bond motifs is 1. The van der Waals surface area contributed by atoms with E-state index in [0.717, 1.165) is 11.0 Å². The predicted molar refractivity (Wildman–Crippen MR) is 37.9 cm³/mol. The van der Waals surface area contributed by atoms with Gasteiger partial charge >= 0.3 is 7.48 Å². The summed E-state index contributed by atoms with van der Waals surface area (Å²) in [5, 5.41) is 0. The largest absolute Gasteiger partial charge is 0.430 e. The maximum absolute atomic E-state index is 12.5. The highest BCUT2D eigenvalue weighted by atomic mass is 19.2. The zero-order valence-electron chi connectivity index (χ0n) is 5.73. The molecule has 56 valence electrons. The first kappa shape index (κ1) is 6.79. The molecular weight excluding hydrogens is 149 g/mol. The van der Waals surface area contributed by atoms with E-state index in [0.29, 0.717) is 14.1 Å². The smallest absolute Gasteiger partial charge is 0.309 e. The topological polar surface area (TPSA) is 9.23 Å². The van der Waals surface area contributed by atoms with Gasteiger partial charge in [0, 0.05) is 0 Å². The van der Waals surface area contributed by atoms with Crippen molar-refractivity contribution in [2.24, 2.45) is 0 Å². The Morgan fingerprint density at radius 1 is 1.27 bits per heavy atom. The predicted octanol–water partition coefficient (Wildman–Crippen LogP) is 0.472. The fraction of sp³-hybridized carbons (Fsp3) is 0.143. The van der Waals surface area contributed by atoms with Gasteiger partial charge < -0.3 is 4.65 Å². The van der Waals surface area contributed by atoms with Crippen LogP contribution in [0.2, 0.25) is 0 Å². The molecule has 11 heavy (non-hydrogen) atoms. The first-order valence-corrected chi connectivity index (χ1v) is 3.32. The molecule has 1 aromatic rings. The fourth-order valence-corrected chi connectivity index (χ4v) is 1.17. The maximum atomic E-state index is 12.5. The summed E-state index contributed by atoms with van der Waals surface area (Å²) in [6.07, 6.45) is 0. The lowest BCUT2D eigenvalue weighted by Crippen LogP contribution is -2.12. The Hall–Kier alpha value is -0.895. The van der Waals surface area contributed by atoms with E-state index in [9.17, 15) is 8.78 Å². The molecule has 4 heteroatoms. The molecule has 0 aliphatic carbocycles. The van der Waals surface area contributed by atoms with E-state index in [-0.39, 0.29) is 0 Å². The number of benzene rings is 1. The molecule has 0 spiro atoms. The molecule has 0 saturated carbocycles. The van der Waals surface area contributed by atoms with Crippen molar-refractivity contribution in [3.8, 4) is 0 Å². The number of hydrogen-bond donors (Lipinski definition) is 0. The van der Waals surface area contributed by atoms with E-state index < -0.39 is 11.6 Å². The number of halogens is 2. The average Bonchev–Trinajstić information content (AvgIpc) is 2.36. The lowest BCUT2D eigenvalue weighted by molar-refractivity contribution is 0.344. The number of hydrogen-bond acceptors (Lipinski definition) is 1. The monoisotopic (exact) mass is 154 g/mol. The molecule has 0 atom stereocenters. The maximum Gasteiger partial charge on any atom is 0.309 e. The third kappa shape index (κ3) is 1.03. The third-order valence-electron chi connectivity index (χ3n) is 1.76. The molecule has 0 N–H and O–H groups in total. The van der Waals surface area contributed by atoms with Crippen LogP contribution in [0.25, 0.3) is 0 Å². The normalized spacial score (nSPS) is 14.4. The van der Waals surface area contributed by atoms with Crippen molar-refractivity contribution in [1.29, 1.82) is 0 Å². The summed E-state index contributed by atoms with van der Waals surface area (Å²) >= 11 is 0. The van der Waals surface area contributed by atoms with Crippen LogP contribution in [0.4, 0.5) is 8.78 Å². The number of rotatable bonds is 0. The Morgan fingerprint density at radius 3 is 2.82 bits per heavy atom. The highest BCUT2D eigenvalue weighted by molar-refractivity contribution is 6.48. The zero-order valence-corrected chi connectivity index (χ0v) is 5.73. The quantitative estimate of drug-likeness (QED) is 0.493. The van der Waals surface area contributed by atoms with Crippen LogP contribution in [0, 0.1) is 11.6 Å². The van der Waals surface area contributed by atoms with Crippen molar-refractivity contribution >= 4 is 12.9 Å². The molecule has 1 nitrogen and oxygen atoms in total. The summed E-state index contributed by atoms with van der Waals surface area (Å²) in [6, 6.07) is 2.38. The second-order valence-electron chi connectivity index (χ2n) is 2.53. The van der Waals surface area contributed by atoms with Crippen LogP contribution in [-0.2, 0) is 11.3 Å². The van der Waals surface area contributed by atoms with Crippen LogP contribution < -0.4 is 5.46 Å². The highest BCUT2D eigenvalue weighted by Gasteiger charge is 2.16. The van der Waals surface area contributed by atoms with Crippen LogP contribution in [-0.4, -0.2) is 7.48 Å². The van der Waals surface area contributed by atoms with Crippen molar-refractivity contribution in [3.05, 3.63) is 29.3 Å². The van der Waals surface area contributed by atoms with Crippen molar-refractivity contribution in [2.75, 3.05) is 0 Å². The highest BCUT2D eigenvalue weighted by Crippen LogP contribution is 2.10. The van der Waals surface area contributed by atoms with Crippen LogP contribution >= 0.6 is 0 Å². The molecule has 0 amide bonds. The summed E-state index contributed by atoms with van der Waals surface area (Å²) in [5.74, 6) is -1.59. The van der Waals surface area contributed by atoms with Crippen LogP contribution in [0.3, 0.4) is 0 Å². The van der Waals surface area contributed by atoms with Gasteiger partial charge in [-0.2, -0.15) is 0 Å². The van der Waals surface area contributed by atoms with E-state index >= 15 is 0 Å². The summed E-state index contributed by atoms with van der Waals surface area (Å²) in [6.45, 7) is 0.395. The standard InChI is InChI=1S/C7H5BF2O/c9-6-1-4-3-11-8-5(4)2-7(6)10/h1-2,8H,3H2. The molecule has 2 rings (SSSR count). The van der Waals surface area contributed by atoms with Crippen molar-refractivity contribution in [1.82, 2.24) is 0 Å². The summed E-state index contributed by atoms with van der Waals surface area (Å²) in [5.41, 5.74) is 1.51. The molecule has 1 aliphatic heterocycles. The Bertz CT molecular complexity index is 272. The van der Waals surface area contributed by atoms with Crippen molar-refractivity contribution < 1.29 is 13.4 Å². The molecule has 1 aliphatic rings.